The molecule has 0 aromatic heterocycles. The van der Waals surface area contributed by atoms with E-state index in [1.54, 1.807) is 0 Å². The Morgan fingerprint density at radius 2 is 1.58 bits per heavy atom. The quantitative estimate of drug-likeness (QED) is 0.154. The van der Waals surface area contributed by atoms with Gasteiger partial charge in [-0.15, -0.1) is 0 Å². The molecule has 5 saturated carbocycles. The normalized spacial score (nSPS) is 56.7. The highest BCUT2D eigenvalue weighted by Crippen LogP contribution is 2.91. The minimum Gasteiger partial charge on any atom is -0.396 e. The van der Waals surface area contributed by atoms with Gasteiger partial charge in [-0.25, -0.2) is 0 Å². The van der Waals surface area contributed by atoms with Crippen LogP contribution in [0.4, 0.5) is 0 Å². The molecule has 2 spiro atoms. The standard InChI is InChI=1S/C35H58O10/c1-18(8-7-11-29(2,3)42)25-19(37)12-31(6)22-10-9-21-30(4,5)35(45-28-27(41)26(40)20(38)15-43-28)24(44-35)14-33(21)16-32(22,33)13-23(39)34(25,31)17-36/h18-28,36-42H,7-17H2,1-6H3/t18-,19-,20+,21?,22-,23-,24?,25-,26-,27+,28-,31-,32?,33+,34+,35-/m0/s1. The zero-order valence-corrected chi connectivity index (χ0v) is 28.0. The van der Waals surface area contributed by atoms with E-state index in [0.717, 1.165) is 38.5 Å². The Morgan fingerprint density at radius 3 is 2.24 bits per heavy atom. The number of aliphatic hydroxyl groups excluding tert-OH is 6. The van der Waals surface area contributed by atoms with Gasteiger partial charge in [-0.3, -0.25) is 0 Å². The molecular weight excluding hydrogens is 580 g/mol. The monoisotopic (exact) mass is 638 g/mol. The van der Waals surface area contributed by atoms with E-state index >= 15 is 0 Å². The smallest absolute Gasteiger partial charge is 0.203 e. The van der Waals surface area contributed by atoms with E-state index in [9.17, 15) is 35.7 Å². The molecule has 0 bridgehead atoms. The molecule has 0 aromatic rings. The van der Waals surface area contributed by atoms with Crippen molar-refractivity contribution >= 4 is 0 Å². The van der Waals surface area contributed by atoms with Gasteiger partial charge < -0.3 is 50.0 Å². The van der Waals surface area contributed by atoms with Crippen LogP contribution in [0.25, 0.3) is 0 Å². The van der Waals surface area contributed by atoms with Crippen LogP contribution in [0.15, 0.2) is 0 Å². The molecule has 2 aliphatic heterocycles. The first-order chi connectivity index (χ1) is 20.9. The van der Waals surface area contributed by atoms with Gasteiger partial charge >= 0.3 is 0 Å². The van der Waals surface area contributed by atoms with Crippen molar-refractivity contribution in [2.45, 2.75) is 154 Å². The first-order valence-corrected chi connectivity index (χ1v) is 17.6. The number of hydrogen-bond donors (Lipinski definition) is 7. The van der Waals surface area contributed by atoms with Crippen LogP contribution in [0.1, 0.15) is 99.3 Å². The molecule has 7 rings (SSSR count). The lowest BCUT2D eigenvalue weighted by molar-refractivity contribution is -0.324. The number of hydrogen-bond acceptors (Lipinski definition) is 10. The maximum Gasteiger partial charge on any atom is 0.203 e. The van der Waals surface area contributed by atoms with Crippen LogP contribution in [0.5, 0.6) is 0 Å². The third-order valence-corrected chi connectivity index (χ3v) is 15.3. The molecule has 0 radical (unpaired) electrons. The largest absolute Gasteiger partial charge is 0.396 e. The van der Waals surface area contributed by atoms with Gasteiger partial charge in [0.25, 0.3) is 0 Å². The summed E-state index contributed by atoms with van der Waals surface area (Å²) in [7, 11) is 0. The molecule has 0 amide bonds. The second kappa shape index (κ2) is 10.1. The van der Waals surface area contributed by atoms with Gasteiger partial charge in [0.05, 0.1) is 31.0 Å². The Bertz CT molecular complexity index is 1170. The van der Waals surface area contributed by atoms with E-state index in [1.807, 2.05) is 13.8 Å². The molecule has 7 N–H and O–H groups in total. The summed E-state index contributed by atoms with van der Waals surface area (Å²) < 4.78 is 18.5. The first kappa shape index (κ1) is 33.1. The van der Waals surface area contributed by atoms with E-state index < -0.39 is 64.4 Å². The summed E-state index contributed by atoms with van der Waals surface area (Å²) in [5.74, 6) is -0.611. The van der Waals surface area contributed by atoms with E-state index in [0.29, 0.717) is 19.3 Å². The lowest BCUT2D eigenvalue weighted by Gasteiger charge is -2.64. The SMILES string of the molecule is C[C@@H](CCCC(C)(C)O)[C@H]1[C@@H](O)C[C@@]2(C)[C@@H]3CCC4C(C)(C)[C@]5(O[C@@H]6OC[C@@H](O)[C@H](O)[C@H]6O)OC5C[C@@]45CC35C[C@H](O)[C@]12CO. The molecule has 5 aliphatic carbocycles. The third kappa shape index (κ3) is 4.10. The Hall–Kier alpha value is -0.400. The Kier molecular flexibility index (Phi) is 7.42. The molecule has 10 heteroatoms. The predicted molar refractivity (Wildman–Crippen MR) is 162 cm³/mol. The van der Waals surface area contributed by atoms with Crippen LogP contribution >= 0.6 is 0 Å². The zero-order valence-electron chi connectivity index (χ0n) is 28.0. The molecule has 2 saturated heterocycles. The van der Waals surface area contributed by atoms with E-state index in [4.69, 9.17) is 14.2 Å². The van der Waals surface area contributed by atoms with Crippen molar-refractivity contribution in [3.05, 3.63) is 0 Å². The maximum absolute atomic E-state index is 12.3. The van der Waals surface area contributed by atoms with E-state index in [-0.39, 0.29) is 53.8 Å². The molecule has 0 aromatic carbocycles. The highest BCUT2D eigenvalue weighted by Gasteiger charge is 2.90. The molecule has 3 unspecified atom stereocenters. The summed E-state index contributed by atoms with van der Waals surface area (Å²) in [6.07, 6.45) is 0.528. The Morgan fingerprint density at radius 1 is 0.911 bits per heavy atom. The van der Waals surface area contributed by atoms with Crippen molar-refractivity contribution in [2.24, 2.45) is 50.7 Å². The van der Waals surface area contributed by atoms with Gasteiger partial charge in [0.15, 0.2) is 6.29 Å². The fourth-order valence-corrected chi connectivity index (χ4v) is 13.4. The van der Waals surface area contributed by atoms with Crippen molar-refractivity contribution in [3.63, 3.8) is 0 Å². The van der Waals surface area contributed by atoms with Crippen molar-refractivity contribution < 1.29 is 50.0 Å². The summed E-state index contributed by atoms with van der Waals surface area (Å²) in [6.45, 7) is 12.1. The second-order valence-corrected chi connectivity index (χ2v) is 18.1. The van der Waals surface area contributed by atoms with Crippen molar-refractivity contribution in [1.29, 1.82) is 0 Å². The number of rotatable bonds is 8. The van der Waals surface area contributed by atoms with Crippen LogP contribution in [0.3, 0.4) is 0 Å². The summed E-state index contributed by atoms with van der Waals surface area (Å²) in [5.41, 5.74) is -2.58. The average molecular weight is 639 g/mol. The number of ether oxygens (including phenoxy) is 3. The second-order valence-electron chi connectivity index (χ2n) is 18.1. The number of epoxide rings is 1. The lowest BCUT2D eigenvalue weighted by Crippen LogP contribution is -2.65. The molecule has 7 fully saturated rings. The Balaban J connectivity index is 1.16. The fraction of sp³-hybridized carbons (Fsp3) is 1.00. The average Bonchev–Trinajstić information content (AvgIpc) is 3.79. The van der Waals surface area contributed by atoms with Gasteiger partial charge in [0.2, 0.25) is 5.79 Å². The van der Waals surface area contributed by atoms with Gasteiger partial charge in [-0.2, -0.15) is 0 Å². The Labute approximate surface area is 267 Å². The summed E-state index contributed by atoms with van der Waals surface area (Å²) in [6, 6.07) is 0. The number of fused-ring (bicyclic) bond motifs is 3. The van der Waals surface area contributed by atoms with Crippen molar-refractivity contribution in [2.75, 3.05) is 13.2 Å². The topological polar surface area (TPSA) is 173 Å². The van der Waals surface area contributed by atoms with Crippen LogP contribution in [-0.2, 0) is 14.2 Å². The lowest BCUT2D eigenvalue weighted by atomic mass is 9.40. The summed E-state index contributed by atoms with van der Waals surface area (Å²) in [4.78, 5) is 0. The predicted octanol–water partition coefficient (Wildman–Crippen LogP) is 2.08. The van der Waals surface area contributed by atoms with Crippen LogP contribution < -0.4 is 0 Å². The third-order valence-electron chi connectivity index (χ3n) is 15.3. The van der Waals surface area contributed by atoms with E-state index in [2.05, 4.69) is 27.7 Å². The van der Waals surface area contributed by atoms with Gasteiger partial charge in [-0.1, -0.05) is 40.5 Å². The highest BCUT2D eigenvalue weighted by molar-refractivity contribution is 5.36. The highest BCUT2D eigenvalue weighted by atomic mass is 16.8. The minimum atomic E-state index is -1.39. The minimum absolute atomic E-state index is 0.0534. The van der Waals surface area contributed by atoms with Crippen LogP contribution in [0.2, 0.25) is 0 Å². The van der Waals surface area contributed by atoms with Gasteiger partial charge in [0, 0.05) is 10.8 Å². The molecule has 16 atom stereocenters. The summed E-state index contributed by atoms with van der Waals surface area (Å²) >= 11 is 0. The van der Waals surface area contributed by atoms with Crippen molar-refractivity contribution in [1.82, 2.24) is 0 Å². The molecule has 7 aliphatic rings. The zero-order chi connectivity index (χ0) is 32.8. The van der Waals surface area contributed by atoms with E-state index in [1.165, 1.54) is 0 Å². The maximum atomic E-state index is 12.3. The molecule has 45 heavy (non-hydrogen) atoms. The molecular formula is C35H58O10. The first-order valence-electron chi connectivity index (χ1n) is 17.6. The van der Waals surface area contributed by atoms with Gasteiger partial charge in [0.1, 0.15) is 24.4 Å². The molecule has 2 heterocycles. The van der Waals surface area contributed by atoms with Crippen LogP contribution in [0, 0.1) is 50.7 Å². The molecule has 258 valence electrons. The molecule has 10 nitrogen and oxygen atoms in total. The number of aliphatic hydroxyl groups is 7. The van der Waals surface area contributed by atoms with Crippen LogP contribution in [-0.4, -0.2) is 103 Å². The van der Waals surface area contributed by atoms with Gasteiger partial charge in [-0.05, 0) is 98.7 Å². The van der Waals surface area contributed by atoms with Crippen molar-refractivity contribution in [3.8, 4) is 0 Å². The summed E-state index contributed by atoms with van der Waals surface area (Å²) in [5, 5.41) is 76.5. The fourth-order valence-electron chi connectivity index (χ4n) is 13.4.